The van der Waals surface area contributed by atoms with E-state index < -0.39 is 0 Å². The van der Waals surface area contributed by atoms with Gasteiger partial charge in [-0.3, -0.25) is 9.48 Å². The number of carbonyl (C=O) groups is 1. The van der Waals surface area contributed by atoms with Crippen LogP contribution < -0.4 is 0 Å². The van der Waals surface area contributed by atoms with Gasteiger partial charge in [0.25, 0.3) is 5.91 Å². The lowest BCUT2D eigenvalue weighted by atomic mass is 10.1. The third kappa shape index (κ3) is 3.09. The molecule has 0 N–H and O–H groups in total. The predicted molar refractivity (Wildman–Crippen MR) is 84.8 cm³/mol. The molecule has 0 spiro atoms. The Morgan fingerprint density at radius 2 is 2.22 bits per heavy atom. The van der Waals surface area contributed by atoms with Crippen LogP contribution in [0.4, 0.5) is 0 Å². The molecule has 0 aliphatic carbocycles. The number of hydrogen-bond acceptors (Lipinski definition) is 4. The van der Waals surface area contributed by atoms with E-state index in [1.807, 2.05) is 28.9 Å². The predicted octanol–water partition coefficient (Wildman–Crippen LogP) is 2.24. The highest BCUT2D eigenvalue weighted by Crippen LogP contribution is 2.22. The Labute approximate surface area is 135 Å². The maximum Gasteiger partial charge on any atom is 0.272 e. The van der Waals surface area contributed by atoms with E-state index in [9.17, 15) is 4.79 Å². The minimum atomic E-state index is -0.0776. The van der Waals surface area contributed by atoms with Crippen LogP contribution in [0.3, 0.4) is 0 Å². The van der Waals surface area contributed by atoms with Gasteiger partial charge in [0, 0.05) is 19.3 Å². The van der Waals surface area contributed by atoms with Crippen molar-refractivity contribution in [1.29, 1.82) is 5.26 Å². The number of carbonyl (C=O) groups excluding carboxylic acids is 1. The first-order chi connectivity index (χ1) is 11.1. The zero-order chi connectivity index (χ0) is 16.4. The number of hydrogen-bond donors (Lipinski definition) is 0. The van der Waals surface area contributed by atoms with Crippen LogP contribution in [0.2, 0.25) is 0 Å². The van der Waals surface area contributed by atoms with Gasteiger partial charge in [-0.2, -0.15) is 10.4 Å². The van der Waals surface area contributed by atoms with Gasteiger partial charge < -0.3 is 4.90 Å². The molecule has 2 aromatic heterocycles. The number of aromatic nitrogens is 3. The van der Waals surface area contributed by atoms with Gasteiger partial charge in [-0.1, -0.05) is 0 Å². The second kappa shape index (κ2) is 6.21. The first-order valence-electron chi connectivity index (χ1n) is 7.76. The average molecular weight is 309 g/mol. The number of piperidine rings is 1. The Hall–Kier alpha value is -2.68. The summed E-state index contributed by atoms with van der Waals surface area (Å²) in [6.45, 7) is 5.14. The number of rotatable bonds is 2. The van der Waals surface area contributed by atoms with Crippen LogP contribution in [0.25, 0.3) is 0 Å². The zero-order valence-corrected chi connectivity index (χ0v) is 13.4. The van der Waals surface area contributed by atoms with E-state index in [0.717, 1.165) is 24.9 Å². The van der Waals surface area contributed by atoms with E-state index >= 15 is 0 Å². The molecule has 1 amide bonds. The average Bonchev–Trinajstić information content (AvgIpc) is 3.01. The van der Waals surface area contributed by atoms with Crippen molar-refractivity contribution in [3.63, 3.8) is 0 Å². The fraction of sp³-hybridized carbons (Fsp3) is 0.412. The summed E-state index contributed by atoms with van der Waals surface area (Å²) in [5, 5.41) is 13.3. The van der Waals surface area contributed by atoms with E-state index in [0.29, 0.717) is 23.5 Å². The minimum absolute atomic E-state index is 0.0776. The lowest BCUT2D eigenvalue weighted by Gasteiger charge is -2.32. The molecule has 0 aromatic carbocycles. The summed E-state index contributed by atoms with van der Waals surface area (Å²) in [6.07, 6.45) is 5.82. The van der Waals surface area contributed by atoms with Crippen LogP contribution in [0.15, 0.2) is 24.5 Å². The van der Waals surface area contributed by atoms with Crippen molar-refractivity contribution in [1.82, 2.24) is 19.7 Å². The summed E-state index contributed by atoms with van der Waals surface area (Å²) >= 11 is 0. The molecule has 3 heterocycles. The number of likely N-dealkylation sites (tertiary alicyclic amines) is 1. The topological polar surface area (TPSA) is 74.8 Å². The fourth-order valence-electron chi connectivity index (χ4n) is 2.95. The fourth-order valence-corrected chi connectivity index (χ4v) is 2.95. The van der Waals surface area contributed by atoms with Crippen LogP contribution in [-0.4, -0.2) is 38.7 Å². The lowest BCUT2D eigenvalue weighted by Crippen LogP contribution is -2.41. The highest BCUT2D eigenvalue weighted by atomic mass is 16.2. The number of nitriles is 1. The molecule has 1 atom stereocenters. The second-order valence-corrected chi connectivity index (χ2v) is 5.99. The van der Waals surface area contributed by atoms with Crippen molar-refractivity contribution >= 4 is 5.91 Å². The Kier molecular flexibility index (Phi) is 4.11. The van der Waals surface area contributed by atoms with Crippen molar-refractivity contribution in [3.05, 3.63) is 47.0 Å². The van der Waals surface area contributed by atoms with Crippen molar-refractivity contribution < 1.29 is 4.79 Å². The normalized spacial score (nSPS) is 17.8. The number of nitrogens with zero attached hydrogens (tertiary/aromatic N) is 5. The van der Waals surface area contributed by atoms with Crippen LogP contribution in [0.5, 0.6) is 0 Å². The number of pyridine rings is 1. The molecule has 118 valence electrons. The Balaban J connectivity index is 1.77. The minimum Gasteiger partial charge on any atom is -0.335 e. The molecule has 23 heavy (non-hydrogen) atoms. The maximum absolute atomic E-state index is 12.7. The van der Waals surface area contributed by atoms with Crippen LogP contribution in [0.1, 0.15) is 46.2 Å². The van der Waals surface area contributed by atoms with Gasteiger partial charge in [0.1, 0.15) is 11.8 Å². The Morgan fingerprint density at radius 3 is 2.87 bits per heavy atom. The largest absolute Gasteiger partial charge is 0.335 e. The van der Waals surface area contributed by atoms with Gasteiger partial charge in [0.05, 0.1) is 23.5 Å². The van der Waals surface area contributed by atoms with Gasteiger partial charge in [-0.15, -0.1) is 0 Å². The van der Waals surface area contributed by atoms with E-state index in [-0.39, 0.29) is 11.9 Å². The molecule has 0 unspecified atom stereocenters. The molecule has 6 heteroatoms. The third-order valence-electron chi connectivity index (χ3n) is 4.21. The van der Waals surface area contributed by atoms with Gasteiger partial charge in [-0.05, 0) is 44.4 Å². The summed E-state index contributed by atoms with van der Waals surface area (Å²) in [5.41, 5.74) is 2.62. The number of aryl methyl sites for hydroxylation is 2. The number of amides is 1. The summed E-state index contributed by atoms with van der Waals surface area (Å²) in [6, 6.07) is 5.58. The van der Waals surface area contributed by atoms with Gasteiger partial charge >= 0.3 is 0 Å². The van der Waals surface area contributed by atoms with Crippen LogP contribution in [0, 0.1) is 25.2 Å². The second-order valence-electron chi connectivity index (χ2n) is 5.99. The Morgan fingerprint density at radius 1 is 1.39 bits per heavy atom. The molecule has 0 saturated carbocycles. The standard InChI is InChI=1S/C17H19N5O/c1-12-9-19-22(10-12)15-4-3-7-21(11-15)17(23)16-6-5-14(8-18)13(2)20-16/h5-6,9-10,15H,3-4,7,11H2,1-2H3/t15-/m0/s1. The van der Waals surface area contributed by atoms with E-state index in [4.69, 9.17) is 5.26 Å². The molecule has 0 bridgehead atoms. The molecule has 1 aliphatic rings. The SMILES string of the molecule is Cc1cnn([C@H]2CCCN(C(=O)c3ccc(C#N)c(C)n3)C2)c1. The molecule has 1 aliphatic heterocycles. The first-order valence-corrected chi connectivity index (χ1v) is 7.76. The highest BCUT2D eigenvalue weighted by molar-refractivity contribution is 5.92. The van der Waals surface area contributed by atoms with Crippen molar-refractivity contribution in [2.75, 3.05) is 13.1 Å². The lowest BCUT2D eigenvalue weighted by molar-refractivity contribution is 0.0667. The summed E-state index contributed by atoms with van der Waals surface area (Å²) < 4.78 is 1.95. The summed E-state index contributed by atoms with van der Waals surface area (Å²) in [4.78, 5) is 18.8. The molecular formula is C17H19N5O. The van der Waals surface area contributed by atoms with Crippen molar-refractivity contribution in [3.8, 4) is 6.07 Å². The molecule has 1 saturated heterocycles. The van der Waals surface area contributed by atoms with E-state index in [2.05, 4.69) is 16.2 Å². The van der Waals surface area contributed by atoms with Gasteiger partial charge in [-0.25, -0.2) is 4.98 Å². The first kappa shape index (κ1) is 15.2. The monoisotopic (exact) mass is 309 g/mol. The summed E-state index contributed by atoms with van der Waals surface area (Å²) in [7, 11) is 0. The van der Waals surface area contributed by atoms with E-state index in [1.165, 1.54) is 0 Å². The third-order valence-corrected chi connectivity index (χ3v) is 4.21. The van der Waals surface area contributed by atoms with Crippen LogP contribution >= 0.6 is 0 Å². The van der Waals surface area contributed by atoms with Crippen molar-refractivity contribution in [2.24, 2.45) is 0 Å². The molecule has 1 fully saturated rings. The summed E-state index contributed by atoms with van der Waals surface area (Å²) in [5.74, 6) is -0.0776. The molecule has 3 rings (SSSR count). The Bertz CT molecular complexity index is 774. The van der Waals surface area contributed by atoms with Gasteiger partial charge in [0.15, 0.2) is 0 Å². The highest BCUT2D eigenvalue weighted by Gasteiger charge is 2.26. The maximum atomic E-state index is 12.7. The zero-order valence-electron chi connectivity index (χ0n) is 13.4. The van der Waals surface area contributed by atoms with Crippen molar-refractivity contribution in [2.45, 2.75) is 32.7 Å². The smallest absolute Gasteiger partial charge is 0.272 e. The molecular weight excluding hydrogens is 290 g/mol. The van der Waals surface area contributed by atoms with Crippen LogP contribution in [-0.2, 0) is 0 Å². The quantitative estimate of drug-likeness (QED) is 0.852. The molecule has 0 radical (unpaired) electrons. The molecule has 6 nitrogen and oxygen atoms in total. The molecule has 2 aromatic rings. The van der Waals surface area contributed by atoms with Gasteiger partial charge in [0.2, 0.25) is 0 Å². The van der Waals surface area contributed by atoms with E-state index in [1.54, 1.807) is 19.1 Å².